The number of hydrogen-bond donors (Lipinski definition) is 0. The molecule has 0 aliphatic carbocycles. The second kappa shape index (κ2) is 13.6. The Bertz CT molecular complexity index is 3290. The Morgan fingerprint density at radius 1 is 0.281 bits per heavy atom. The van der Waals surface area contributed by atoms with Gasteiger partial charge >= 0.3 is 0 Å². The van der Waals surface area contributed by atoms with Gasteiger partial charge < -0.3 is 4.42 Å². The first kappa shape index (κ1) is 32.7. The number of furan rings is 1. The van der Waals surface area contributed by atoms with Gasteiger partial charge in [-0.25, -0.2) is 15.0 Å². The molecule has 0 saturated heterocycles. The van der Waals surface area contributed by atoms with Crippen molar-refractivity contribution < 1.29 is 4.42 Å². The van der Waals surface area contributed by atoms with Gasteiger partial charge in [-0.05, 0) is 85.3 Å². The van der Waals surface area contributed by atoms with E-state index in [0.29, 0.717) is 17.5 Å². The van der Waals surface area contributed by atoms with E-state index in [1.165, 1.54) is 27.1 Å². The molecule has 4 heteroatoms. The molecular formula is C53H33N3O. The molecule has 9 aromatic carbocycles. The van der Waals surface area contributed by atoms with Crippen molar-refractivity contribution in [1.29, 1.82) is 0 Å². The molecule has 0 fully saturated rings. The Morgan fingerprint density at radius 2 is 0.895 bits per heavy atom. The lowest BCUT2D eigenvalue weighted by atomic mass is 9.90. The smallest absolute Gasteiger partial charge is 0.164 e. The quantitative estimate of drug-likeness (QED) is 0.171. The van der Waals surface area contributed by atoms with Gasteiger partial charge in [0, 0.05) is 27.5 Å². The third-order valence-corrected chi connectivity index (χ3v) is 10.9. The highest BCUT2D eigenvalue weighted by atomic mass is 16.3. The molecule has 0 aliphatic heterocycles. The summed E-state index contributed by atoms with van der Waals surface area (Å²) in [6.45, 7) is 0. The summed E-state index contributed by atoms with van der Waals surface area (Å²) < 4.78 is 6.57. The van der Waals surface area contributed by atoms with E-state index in [9.17, 15) is 0 Å². The van der Waals surface area contributed by atoms with Crippen molar-refractivity contribution >= 4 is 43.5 Å². The van der Waals surface area contributed by atoms with Gasteiger partial charge in [-0.2, -0.15) is 0 Å². The van der Waals surface area contributed by atoms with Crippen molar-refractivity contribution in [3.05, 3.63) is 200 Å². The van der Waals surface area contributed by atoms with Crippen molar-refractivity contribution in [3.63, 3.8) is 0 Å². The molecular weight excluding hydrogens is 695 g/mol. The van der Waals surface area contributed by atoms with Gasteiger partial charge in [0.15, 0.2) is 17.5 Å². The van der Waals surface area contributed by atoms with Crippen LogP contribution in [0, 0.1) is 0 Å². The summed E-state index contributed by atoms with van der Waals surface area (Å²) in [4.78, 5) is 15.5. The minimum atomic E-state index is 0.588. The van der Waals surface area contributed by atoms with Gasteiger partial charge in [0.25, 0.3) is 0 Å². The standard InChI is InChI=1S/C53H33N3O/c1-3-14-36(15-4-1)47-32-41(28-29-44(47)43-22-11-20-35-16-9-10-21-42(35)43)52-54-51(37-17-5-2-6-18-37)55-53(56-52)46-23-12-24-48-50(46)45-30-27-40(33-49(45)57-48)39-26-25-34-13-7-8-19-38(34)31-39/h1-33H. The Kier molecular flexibility index (Phi) is 7.78. The maximum atomic E-state index is 6.57. The van der Waals surface area contributed by atoms with Crippen molar-refractivity contribution in [2.24, 2.45) is 0 Å². The first-order valence-electron chi connectivity index (χ1n) is 19.2. The van der Waals surface area contributed by atoms with Crippen molar-refractivity contribution in [2.45, 2.75) is 0 Å². The Labute approximate surface area is 329 Å². The van der Waals surface area contributed by atoms with Gasteiger partial charge in [-0.1, -0.05) is 170 Å². The van der Waals surface area contributed by atoms with Crippen LogP contribution in [0.5, 0.6) is 0 Å². The van der Waals surface area contributed by atoms with E-state index in [-0.39, 0.29) is 0 Å². The second-order valence-corrected chi connectivity index (χ2v) is 14.4. The van der Waals surface area contributed by atoms with Crippen LogP contribution in [0.1, 0.15) is 0 Å². The van der Waals surface area contributed by atoms with Gasteiger partial charge in [0.05, 0.1) is 0 Å². The maximum absolute atomic E-state index is 6.57. The van der Waals surface area contributed by atoms with E-state index in [4.69, 9.17) is 19.4 Å². The summed E-state index contributed by atoms with van der Waals surface area (Å²) in [6.07, 6.45) is 0. The van der Waals surface area contributed by atoms with Crippen molar-refractivity contribution in [3.8, 4) is 67.5 Å². The zero-order chi connectivity index (χ0) is 37.7. The minimum Gasteiger partial charge on any atom is -0.456 e. The number of benzene rings is 9. The number of rotatable bonds is 6. The summed E-state index contributed by atoms with van der Waals surface area (Å²) in [5.74, 6) is 1.80. The zero-order valence-corrected chi connectivity index (χ0v) is 30.8. The average molecular weight is 728 g/mol. The lowest BCUT2D eigenvalue weighted by molar-refractivity contribution is 0.669. The molecule has 2 aromatic heterocycles. The fourth-order valence-electron chi connectivity index (χ4n) is 8.14. The summed E-state index contributed by atoms with van der Waals surface area (Å²) in [7, 11) is 0. The Balaban J connectivity index is 1.09. The maximum Gasteiger partial charge on any atom is 0.164 e. The number of hydrogen-bond acceptors (Lipinski definition) is 4. The highest BCUT2D eigenvalue weighted by molar-refractivity contribution is 6.12. The Hall–Kier alpha value is -7.69. The van der Waals surface area contributed by atoms with Crippen LogP contribution in [0.4, 0.5) is 0 Å². The summed E-state index contributed by atoms with van der Waals surface area (Å²) in [5.41, 5.74) is 11.1. The number of aromatic nitrogens is 3. The van der Waals surface area contributed by atoms with Crippen LogP contribution < -0.4 is 0 Å². The fraction of sp³-hybridized carbons (Fsp3) is 0. The molecule has 0 spiro atoms. The second-order valence-electron chi connectivity index (χ2n) is 14.4. The van der Waals surface area contributed by atoms with E-state index >= 15 is 0 Å². The molecule has 11 aromatic rings. The first-order valence-corrected chi connectivity index (χ1v) is 19.2. The molecule has 0 N–H and O–H groups in total. The summed E-state index contributed by atoms with van der Waals surface area (Å²) in [6, 6.07) is 70.0. The molecule has 0 atom stereocenters. The molecule has 0 aliphatic rings. The van der Waals surface area contributed by atoms with Crippen LogP contribution in [-0.4, -0.2) is 15.0 Å². The molecule has 266 valence electrons. The van der Waals surface area contributed by atoms with Crippen LogP contribution in [-0.2, 0) is 0 Å². The average Bonchev–Trinajstić information content (AvgIpc) is 3.67. The van der Waals surface area contributed by atoms with Crippen molar-refractivity contribution in [1.82, 2.24) is 15.0 Å². The third kappa shape index (κ3) is 5.83. The third-order valence-electron chi connectivity index (χ3n) is 10.9. The van der Waals surface area contributed by atoms with Crippen LogP contribution >= 0.6 is 0 Å². The number of fused-ring (bicyclic) bond motifs is 5. The lowest BCUT2D eigenvalue weighted by Gasteiger charge is -2.15. The van der Waals surface area contributed by atoms with Gasteiger partial charge in [0.1, 0.15) is 11.2 Å². The van der Waals surface area contributed by atoms with Gasteiger partial charge in [-0.3, -0.25) is 0 Å². The normalized spacial score (nSPS) is 11.5. The Morgan fingerprint density at radius 3 is 1.74 bits per heavy atom. The monoisotopic (exact) mass is 727 g/mol. The molecule has 0 bridgehead atoms. The van der Waals surface area contributed by atoms with Gasteiger partial charge in [0.2, 0.25) is 0 Å². The predicted octanol–water partition coefficient (Wildman–Crippen LogP) is 14.1. The van der Waals surface area contributed by atoms with Crippen LogP contribution in [0.3, 0.4) is 0 Å². The van der Waals surface area contributed by atoms with Crippen LogP contribution in [0.2, 0.25) is 0 Å². The first-order chi connectivity index (χ1) is 28.2. The van der Waals surface area contributed by atoms with E-state index in [1.54, 1.807) is 0 Å². The summed E-state index contributed by atoms with van der Waals surface area (Å²) in [5, 5.41) is 6.84. The molecule has 4 nitrogen and oxygen atoms in total. The SMILES string of the molecule is c1ccc(-c2nc(-c3ccc(-c4cccc5ccccc45)c(-c4ccccc4)c3)nc(-c3cccc4oc5cc(-c6ccc7ccccc7c6)ccc5c34)n2)cc1. The lowest BCUT2D eigenvalue weighted by Crippen LogP contribution is -2.01. The summed E-state index contributed by atoms with van der Waals surface area (Å²) >= 11 is 0. The molecule has 0 saturated carbocycles. The van der Waals surface area contributed by atoms with E-state index < -0.39 is 0 Å². The number of nitrogens with zero attached hydrogens (tertiary/aromatic N) is 3. The molecule has 11 rings (SSSR count). The molecule has 0 radical (unpaired) electrons. The zero-order valence-electron chi connectivity index (χ0n) is 30.8. The highest BCUT2D eigenvalue weighted by Gasteiger charge is 2.20. The van der Waals surface area contributed by atoms with Crippen LogP contribution in [0.15, 0.2) is 205 Å². The van der Waals surface area contributed by atoms with E-state index in [0.717, 1.165) is 66.4 Å². The molecule has 0 unspecified atom stereocenters. The van der Waals surface area contributed by atoms with Gasteiger partial charge in [-0.15, -0.1) is 0 Å². The van der Waals surface area contributed by atoms with Crippen molar-refractivity contribution in [2.75, 3.05) is 0 Å². The molecule has 57 heavy (non-hydrogen) atoms. The highest BCUT2D eigenvalue weighted by Crippen LogP contribution is 2.41. The molecule has 0 amide bonds. The predicted molar refractivity (Wildman–Crippen MR) is 235 cm³/mol. The van der Waals surface area contributed by atoms with E-state index in [1.807, 2.05) is 42.5 Å². The largest absolute Gasteiger partial charge is 0.456 e. The minimum absolute atomic E-state index is 0.588. The van der Waals surface area contributed by atoms with E-state index in [2.05, 4.69) is 158 Å². The fourth-order valence-corrected chi connectivity index (χ4v) is 8.14. The van der Waals surface area contributed by atoms with Crippen LogP contribution in [0.25, 0.3) is 111 Å². The topological polar surface area (TPSA) is 51.8 Å². The molecule has 2 heterocycles.